The second kappa shape index (κ2) is 8.40. The molecule has 0 aliphatic heterocycles. The first kappa shape index (κ1) is 16.3. The van der Waals surface area contributed by atoms with E-state index in [-0.39, 0.29) is 0 Å². The average molecular weight is 290 g/mol. The van der Waals surface area contributed by atoms with Crippen molar-refractivity contribution < 1.29 is 4.74 Å². The summed E-state index contributed by atoms with van der Waals surface area (Å²) in [6.07, 6.45) is 4.95. The Morgan fingerprint density at radius 3 is 2.86 bits per heavy atom. The number of ether oxygens (including phenoxy) is 1. The highest BCUT2D eigenvalue weighted by atomic mass is 16.5. The smallest absolute Gasteiger partial charge is 0.119 e. The van der Waals surface area contributed by atoms with Crippen molar-refractivity contribution in [3.8, 4) is 5.75 Å². The number of hydrogen-bond donors (Lipinski definition) is 1. The van der Waals surface area contributed by atoms with Crippen molar-refractivity contribution in [1.82, 2.24) is 4.90 Å². The predicted octanol–water partition coefficient (Wildman–Crippen LogP) is 3.42. The molecule has 3 heteroatoms. The van der Waals surface area contributed by atoms with Gasteiger partial charge in [0.2, 0.25) is 0 Å². The Morgan fingerprint density at radius 1 is 1.29 bits per heavy atom. The number of nitrogens with zero attached hydrogens (tertiary/aromatic N) is 1. The fraction of sp³-hybridized carbons (Fsp3) is 0.667. The van der Waals surface area contributed by atoms with E-state index in [0.717, 1.165) is 38.4 Å². The summed E-state index contributed by atoms with van der Waals surface area (Å²) in [6, 6.07) is 9.19. The molecule has 1 fully saturated rings. The summed E-state index contributed by atoms with van der Waals surface area (Å²) >= 11 is 0. The van der Waals surface area contributed by atoms with Crippen molar-refractivity contribution in [1.29, 1.82) is 0 Å². The molecule has 1 saturated carbocycles. The molecule has 2 rings (SSSR count). The Morgan fingerprint density at radius 2 is 2.14 bits per heavy atom. The maximum absolute atomic E-state index is 5.94. The van der Waals surface area contributed by atoms with Crippen molar-refractivity contribution in [3.05, 3.63) is 29.8 Å². The fourth-order valence-electron chi connectivity index (χ4n) is 3.42. The summed E-state index contributed by atoms with van der Waals surface area (Å²) in [7, 11) is 0. The van der Waals surface area contributed by atoms with Crippen LogP contribution in [0.4, 0.5) is 0 Å². The van der Waals surface area contributed by atoms with Crippen LogP contribution in [0.5, 0.6) is 5.75 Å². The minimum Gasteiger partial charge on any atom is -0.494 e. The molecular formula is C18H30N2O. The Kier molecular flexibility index (Phi) is 6.52. The van der Waals surface area contributed by atoms with Crippen LogP contribution in [-0.4, -0.2) is 30.6 Å². The quantitative estimate of drug-likeness (QED) is 0.797. The van der Waals surface area contributed by atoms with Crippen LogP contribution >= 0.6 is 0 Å². The van der Waals surface area contributed by atoms with Gasteiger partial charge < -0.3 is 10.5 Å². The van der Waals surface area contributed by atoms with Gasteiger partial charge in [-0.25, -0.2) is 0 Å². The second-order valence-electron chi connectivity index (χ2n) is 6.05. The summed E-state index contributed by atoms with van der Waals surface area (Å²) in [5.41, 5.74) is 7.28. The molecule has 1 aliphatic carbocycles. The zero-order valence-electron chi connectivity index (χ0n) is 13.6. The van der Waals surface area contributed by atoms with Gasteiger partial charge in [-0.1, -0.05) is 32.4 Å². The molecule has 0 bridgehead atoms. The third kappa shape index (κ3) is 4.45. The first-order valence-corrected chi connectivity index (χ1v) is 8.44. The first-order valence-electron chi connectivity index (χ1n) is 8.44. The zero-order valence-corrected chi connectivity index (χ0v) is 13.6. The molecule has 0 spiro atoms. The average Bonchev–Trinajstić information content (AvgIpc) is 2.99. The van der Waals surface area contributed by atoms with Gasteiger partial charge >= 0.3 is 0 Å². The molecule has 0 heterocycles. The van der Waals surface area contributed by atoms with Gasteiger partial charge in [0.15, 0.2) is 0 Å². The molecule has 0 radical (unpaired) electrons. The standard InChI is InChI=1S/C18H30N2O/c1-3-11-21-17-9-5-7-15(12-17)14-20(4-2)18-10-6-8-16(18)13-19/h5,7,9,12,16,18H,3-4,6,8,10-11,13-14,19H2,1-2H3. The van der Waals surface area contributed by atoms with E-state index in [1.807, 2.05) is 6.07 Å². The van der Waals surface area contributed by atoms with Crippen LogP contribution in [-0.2, 0) is 6.54 Å². The van der Waals surface area contributed by atoms with E-state index in [1.165, 1.54) is 24.8 Å². The van der Waals surface area contributed by atoms with Gasteiger partial charge in [-0.15, -0.1) is 0 Å². The number of benzene rings is 1. The minimum atomic E-state index is 0.653. The molecule has 0 aromatic heterocycles. The monoisotopic (exact) mass is 290 g/mol. The minimum absolute atomic E-state index is 0.653. The third-order valence-electron chi connectivity index (χ3n) is 4.55. The molecule has 0 amide bonds. The lowest BCUT2D eigenvalue weighted by Gasteiger charge is -2.32. The van der Waals surface area contributed by atoms with Gasteiger partial charge in [-0.05, 0) is 56.0 Å². The molecule has 2 N–H and O–H groups in total. The lowest BCUT2D eigenvalue weighted by Crippen LogP contribution is -2.39. The third-order valence-corrected chi connectivity index (χ3v) is 4.55. The molecule has 1 aliphatic rings. The molecular weight excluding hydrogens is 260 g/mol. The van der Waals surface area contributed by atoms with E-state index in [9.17, 15) is 0 Å². The highest BCUT2D eigenvalue weighted by Crippen LogP contribution is 2.30. The number of nitrogens with two attached hydrogens (primary N) is 1. The van der Waals surface area contributed by atoms with Crippen LogP contribution in [0.2, 0.25) is 0 Å². The zero-order chi connectivity index (χ0) is 15.1. The van der Waals surface area contributed by atoms with Gasteiger partial charge in [0.05, 0.1) is 6.61 Å². The van der Waals surface area contributed by atoms with Gasteiger partial charge in [-0.2, -0.15) is 0 Å². The van der Waals surface area contributed by atoms with E-state index < -0.39 is 0 Å². The SMILES string of the molecule is CCCOc1cccc(CN(CC)C2CCCC2CN)c1. The van der Waals surface area contributed by atoms with Gasteiger partial charge in [0, 0.05) is 12.6 Å². The molecule has 2 unspecified atom stereocenters. The number of hydrogen-bond acceptors (Lipinski definition) is 3. The summed E-state index contributed by atoms with van der Waals surface area (Å²) < 4.78 is 5.74. The van der Waals surface area contributed by atoms with Crippen LogP contribution in [0.3, 0.4) is 0 Å². The van der Waals surface area contributed by atoms with Crippen LogP contribution in [0.25, 0.3) is 0 Å². The van der Waals surface area contributed by atoms with Crippen molar-refractivity contribution in [3.63, 3.8) is 0 Å². The van der Waals surface area contributed by atoms with Gasteiger partial charge in [-0.3, -0.25) is 4.90 Å². The Balaban J connectivity index is 2.01. The molecule has 0 saturated heterocycles. The lowest BCUT2D eigenvalue weighted by atomic mass is 10.0. The summed E-state index contributed by atoms with van der Waals surface area (Å²) in [5, 5.41) is 0. The molecule has 1 aromatic rings. The van der Waals surface area contributed by atoms with Crippen LogP contribution in [0.1, 0.15) is 45.1 Å². The maximum atomic E-state index is 5.94. The Bertz CT molecular complexity index is 421. The normalized spacial score (nSPS) is 21.9. The van der Waals surface area contributed by atoms with Crippen LogP contribution in [0.15, 0.2) is 24.3 Å². The van der Waals surface area contributed by atoms with E-state index in [0.29, 0.717) is 12.0 Å². The number of rotatable bonds is 8. The molecule has 118 valence electrons. The lowest BCUT2D eigenvalue weighted by molar-refractivity contribution is 0.162. The van der Waals surface area contributed by atoms with Crippen LogP contribution < -0.4 is 10.5 Å². The topological polar surface area (TPSA) is 38.5 Å². The van der Waals surface area contributed by atoms with Gasteiger partial charge in [0.25, 0.3) is 0 Å². The Hall–Kier alpha value is -1.06. The highest BCUT2D eigenvalue weighted by Gasteiger charge is 2.30. The largest absolute Gasteiger partial charge is 0.494 e. The van der Waals surface area contributed by atoms with E-state index in [1.54, 1.807) is 0 Å². The second-order valence-corrected chi connectivity index (χ2v) is 6.05. The molecule has 1 aromatic carbocycles. The van der Waals surface area contributed by atoms with Crippen molar-refractivity contribution in [2.24, 2.45) is 11.7 Å². The van der Waals surface area contributed by atoms with Crippen molar-refractivity contribution in [2.45, 2.75) is 52.1 Å². The maximum Gasteiger partial charge on any atom is 0.119 e. The van der Waals surface area contributed by atoms with Crippen molar-refractivity contribution in [2.75, 3.05) is 19.7 Å². The Labute approximate surface area is 129 Å². The fourth-order valence-corrected chi connectivity index (χ4v) is 3.42. The summed E-state index contributed by atoms with van der Waals surface area (Å²) in [5.74, 6) is 1.66. The molecule has 2 atom stereocenters. The van der Waals surface area contributed by atoms with Crippen molar-refractivity contribution >= 4 is 0 Å². The summed E-state index contributed by atoms with van der Waals surface area (Å²) in [6.45, 7) is 8.08. The predicted molar refractivity (Wildman–Crippen MR) is 88.5 cm³/mol. The van der Waals surface area contributed by atoms with Crippen LogP contribution in [0, 0.1) is 5.92 Å². The highest BCUT2D eigenvalue weighted by molar-refractivity contribution is 5.28. The van der Waals surface area contributed by atoms with E-state index in [2.05, 4.69) is 36.9 Å². The summed E-state index contributed by atoms with van der Waals surface area (Å²) in [4.78, 5) is 2.59. The van der Waals surface area contributed by atoms with E-state index in [4.69, 9.17) is 10.5 Å². The first-order chi connectivity index (χ1) is 10.3. The van der Waals surface area contributed by atoms with E-state index >= 15 is 0 Å². The molecule has 21 heavy (non-hydrogen) atoms. The van der Waals surface area contributed by atoms with Gasteiger partial charge in [0.1, 0.15) is 5.75 Å². The molecule has 3 nitrogen and oxygen atoms in total.